The van der Waals surface area contributed by atoms with Crippen molar-refractivity contribution in [1.82, 2.24) is 0 Å². The smallest absolute Gasteiger partial charge is 0.322 e. The van der Waals surface area contributed by atoms with E-state index in [-0.39, 0.29) is 0 Å². The molecule has 0 bridgehead atoms. The molecule has 0 aliphatic heterocycles. The average molecular weight is 290 g/mol. The maximum atomic E-state index is 11.9. The summed E-state index contributed by atoms with van der Waals surface area (Å²) < 4.78 is 20.1. The largest absolute Gasteiger partial charge is 0.465 e. The van der Waals surface area contributed by atoms with Crippen LogP contribution in [0.5, 0.6) is 0 Å². The van der Waals surface area contributed by atoms with Crippen molar-refractivity contribution in [2.24, 2.45) is 5.92 Å². The number of hydrogen-bond acceptors (Lipinski definition) is 6. The molecule has 20 heavy (non-hydrogen) atoms. The predicted octanol–water partition coefficient (Wildman–Crippen LogP) is 1.91. The van der Waals surface area contributed by atoms with Gasteiger partial charge in [0.1, 0.15) is 0 Å². The Morgan fingerprint density at radius 1 is 1.05 bits per heavy atom. The van der Waals surface area contributed by atoms with E-state index in [2.05, 4.69) is 0 Å². The van der Waals surface area contributed by atoms with Crippen LogP contribution in [0, 0.1) is 5.92 Å². The van der Waals surface area contributed by atoms with Gasteiger partial charge in [0.25, 0.3) is 0 Å². The van der Waals surface area contributed by atoms with Crippen LogP contribution in [0.25, 0.3) is 0 Å². The summed E-state index contributed by atoms with van der Waals surface area (Å²) >= 11 is 0. The van der Waals surface area contributed by atoms with Gasteiger partial charge < -0.3 is 18.9 Å². The third kappa shape index (κ3) is 7.45. The first-order chi connectivity index (χ1) is 9.60. The summed E-state index contributed by atoms with van der Waals surface area (Å²) in [5.41, 5.74) is 0. The van der Waals surface area contributed by atoms with Crippen molar-refractivity contribution < 1.29 is 28.5 Å². The molecule has 2 unspecified atom stereocenters. The van der Waals surface area contributed by atoms with E-state index in [4.69, 9.17) is 18.9 Å². The lowest BCUT2D eigenvalue weighted by atomic mass is 10.1. The molecular weight excluding hydrogens is 264 g/mol. The highest BCUT2D eigenvalue weighted by molar-refractivity contribution is 5.94. The second-order valence-corrected chi connectivity index (χ2v) is 4.37. The number of ether oxygens (including phenoxy) is 4. The van der Waals surface area contributed by atoms with Gasteiger partial charge in [0.15, 0.2) is 5.92 Å². The molecule has 0 aromatic rings. The molecule has 0 aliphatic rings. The van der Waals surface area contributed by atoms with Gasteiger partial charge in [-0.2, -0.15) is 0 Å². The van der Waals surface area contributed by atoms with Crippen LogP contribution in [0.4, 0.5) is 0 Å². The zero-order valence-electron chi connectivity index (χ0n) is 12.8. The molecule has 6 heteroatoms. The van der Waals surface area contributed by atoms with Crippen LogP contribution >= 0.6 is 0 Å². The van der Waals surface area contributed by atoms with Gasteiger partial charge in [-0.15, -0.1) is 0 Å². The van der Waals surface area contributed by atoms with Crippen LogP contribution < -0.4 is 0 Å². The number of methoxy groups -OCH3 is 2. The molecule has 6 nitrogen and oxygen atoms in total. The van der Waals surface area contributed by atoms with E-state index >= 15 is 0 Å². The van der Waals surface area contributed by atoms with Gasteiger partial charge in [-0.05, 0) is 12.8 Å². The van der Waals surface area contributed by atoms with Gasteiger partial charge in [0.2, 0.25) is 6.29 Å². The summed E-state index contributed by atoms with van der Waals surface area (Å²) in [6.07, 6.45) is 1.76. The Balaban J connectivity index is 4.33. The number of esters is 2. The number of carbonyl (C=O) groups excluding carboxylic acids is 2. The van der Waals surface area contributed by atoms with Crippen molar-refractivity contribution in [2.75, 3.05) is 27.4 Å². The van der Waals surface area contributed by atoms with Crippen LogP contribution in [-0.4, -0.2) is 45.7 Å². The van der Waals surface area contributed by atoms with Gasteiger partial charge in [0.05, 0.1) is 13.2 Å². The molecule has 0 spiro atoms. The van der Waals surface area contributed by atoms with E-state index in [1.165, 1.54) is 7.11 Å². The highest BCUT2D eigenvalue weighted by Crippen LogP contribution is 2.12. The molecular formula is C14H26O6. The molecule has 0 heterocycles. The quantitative estimate of drug-likeness (QED) is 0.250. The lowest BCUT2D eigenvalue weighted by Crippen LogP contribution is -2.32. The standard InChI is InChI=1S/C14H26O6/c1-5-7-9-19-13(15)11(6-2)14(16)20-12(18-4)8-10-17-3/h11-12H,5-10H2,1-4H3. The monoisotopic (exact) mass is 290 g/mol. The van der Waals surface area contributed by atoms with Crippen LogP contribution in [-0.2, 0) is 28.5 Å². The Morgan fingerprint density at radius 3 is 2.25 bits per heavy atom. The van der Waals surface area contributed by atoms with Gasteiger partial charge >= 0.3 is 11.9 Å². The van der Waals surface area contributed by atoms with E-state index in [9.17, 15) is 9.59 Å². The summed E-state index contributed by atoms with van der Waals surface area (Å²) in [6.45, 7) is 4.47. The molecule has 0 aliphatic carbocycles. The first-order valence-electron chi connectivity index (χ1n) is 6.99. The number of carbonyl (C=O) groups is 2. The second-order valence-electron chi connectivity index (χ2n) is 4.37. The third-order valence-electron chi connectivity index (χ3n) is 2.79. The van der Waals surface area contributed by atoms with Crippen LogP contribution in [0.3, 0.4) is 0 Å². The van der Waals surface area contributed by atoms with Gasteiger partial charge in [-0.25, -0.2) is 0 Å². The van der Waals surface area contributed by atoms with Gasteiger partial charge in [-0.3, -0.25) is 9.59 Å². The molecule has 0 saturated heterocycles. The molecule has 0 fully saturated rings. The molecule has 0 aromatic heterocycles. The zero-order chi connectivity index (χ0) is 15.4. The first kappa shape index (κ1) is 18.9. The van der Waals surface area contributed by atoms with Crippen molar-refractivity contribution in [3.63, 3.8) is 0 Å². The Kier molecular flexibility index (Phi) is 11.0. The SMILES string of the molecule is CCCCOC(=O)C(CC)C(=O)OC(CCOC)OC. The van der Waals surface area contributed by atoms with E-state index in [1.807, 2.05) is 6.92 Å². The molecule has 0 amide bonds. The van der Waals surface area contributed by atoms with E-state index in [0.717, 1.165) is 12.8 Å². The molecule has 0 rings (SSSR count). The Morgan fingerprint density at radius 2 is 1.75 bits per heavy atom. The fraction of sp³-hybridized carbons (Fsp3) is 0.857. The summed E-state index contributed by atoms with van der Waals surface area (Å²) in [6, 6.07) is 0. The lowest BCUT2D eigenvalue weighted by Gasteiger charge is -2.19. The van der Waals surface area contributed by atoms with Crippen molar-refractivity contribution in [2.45, 2.75) is 45.8 Å². The fourth-order valence-corrected chi connectivity index (χ4v) is 1.50. The molecule has 0 radical (unpaired) electrons. The Labute approximate surface area is 120 Å². The summed E-state index contributed by atoms with van der Waals surface area (Å²) in [4.78, 5) is 23.7. The zero-order valence-corrected chi connectivity index (χ0v) is 12.8. The minimum atomic E-state index is -0.896. The molecule has 0 N–H and O–H groups in total. The number of rotatable bonds is 11. The van der Waals surface area contributed by atoms with E-state index < -0.39 is 24.1 Å². The van der Waals surface area contributed by atoms with Crippen LogP contribution in [0.15, 0.2) is 0 Å². The highest BCUT2D eigenvalue weighted by atomic mass is 16.7. The Bertz CT molecular complexity index is 279. The number of unbranched alkanes of at least 4 members (excludes halogenated alkanes) is 1. The van der Waals surface area contributed by atoms with Crippen molar-refractivity contribution >= 4 is 11.9 Å². The van der Waals surface area contributed by atoms with Gasteiger partial charge in [-0.1, -0.05) is 20.3 Å². The highest BCUT2D eigenvalue weighted by Gasteiger charge is 2.29. The number of hydrogen-bond donors (Lipinski definition) is 0. The minimum absolute atomic E-state index is 0.330. The van der Waals surface area contributed by atoms with Crippen molar-refractivity contribution in [3.8, 4) is 0 Å². The van der Waals surface area contributed by atoms with Crippen molar-refractivity contribution in [3.05, 3.63) is 0 Å². The summed E-state index contributed by atoms with van der Waals surface area (Å²) in [5, 5.41) is 0. The Hall–Kier alpha value is -1.14. The van der Waals surface area contributed by atoms with Gasteiger partial charge in [0, 0.05) is 20.6 Å². The van der Waals surface area contributed by atoms with Crippen LogP contribution in [0.1, 0.15) is 39.5 Å². The van der Waals surface area contributed by atoms with Crippen LogP contribution in [0.2, 0.25) is 0 Å². The fourth-order valence-electron chi connectivity index (χ4n) is 1.50. The van der Waals surface area contributed by atoms with Crippen molar-refractivity contribution in [1.29, 1.82) is 0 Å². The maximum Gasteiger partial charge on any atom is 0.322 e. The molecule has 0 aromatic carbocycles. The lowest BCUT2D eigenvalue weighted by molar-refractivity contribution is -0.185. The summed E-state index contributed by atoms with van der Waals surface area (Å²) in [7, 11) is 2.99. The molecule has 0 saturated carbocycles. The first-order valence-corrected chi connectivity index (χ1v) is 6.99. The normalized spacial score (nSPS) is 13.6. The third-order valence-corrected chi connectivity index (χ3v) is 2.79. The summed E-state index contributed by atoms with van der Waals surface area (Å²) in [5.74, 6) is -2.04. The minimum Gasteiger partial charge on any atom is -0.465 e. The predicted molar refractivity (Wildman–Crippen MR) is 73.0 cm³/mol. The molecule has 2 atom stereocenters. The molecule has 118 valence electrons. The van der Waals surface area contributed by atoms with E-state index in [0.29, 0.717) is 26.1 Å². The topological polar surface area (TPSA) is 71.1 Å². The second kappa shape index (κ2) is 11.7. The average Bonchev–Trinajstić information content (AvgIpc) is 2.44. The maximum absolute atomic E-state index is 11.9. The van der Waals surface area contributed by atoms with E-state index in [1.54, 1.807) is 14.0 Å².